The molecule has 3 rings (SSSR count). The van der Waals surface area contributed by atoms with Crippen molar-refractivity contribution in [2.24, 2.45) is 0 Å². The highest BCUT2D eigenvalue weighted by molar-refractivity contribution is 5.88. The summed E-state index contributed by atoms with van der Waals surface area (Å²) in [6.45, 7) is 4.59. The summed E-state index contributed by atoms with van der Waals surface area (Å²) >= 11 is 0. The van der Waals surface area contributed by atoms with Gasteiger partial charge >= 0.3 is 11.9 Å². The summed E-state index contributed by atoms with van der Waals surface area (Å²) in [6.07, 6.45) is -7.55. The summed E-state index contributed by atoms with van der Waals surface area (Å²) in [6, 6.07) is 0. The molecule has 3 fully saturated rings. The van der Waals surface area contributed by atoms with Crippen LogP contribution in [-0.4, -0.2) is 180 Å². The molecular formula is C38H54O19. The Morgan fingerprint density at radius 1 is 0.474 bits per heavy atom. The van der Waals surface area contributed by atoms with E-state index in [9.17, 15) is 65.8 Å². The molecule has 57 heavy (non-hydrogen) atoms. The van der Waals surface area contributed by atoms with E-state index in [-0.39, 0.29) is 11.1 Å². The van der Waals surface area contributed by atoms with Gasteiger partial charge in [-0.15, -0.1) is 0 Å². The van der Waals surface area contributed by atoms with Gasteiger partial charge in [0.2, 0.25) is 12.6 Å². The molecule has 0 aromatic carbocycles. The molecule has 3 aliphatic heterocycles. The smallest absolute Gasteiger partial charge is 0.336 e. The first-order chi connectivity index (χ1) is 26.9. The van der Waals surface area contributed by atoms with Crippen molar-refractivity contribution < 1.29 is 94.2 Å². The average Bonchev–Trinajstić information content (AvgIpc) is 3.18. The minimum atomic E-state index is -1.83. The molecule has 0 aromatic heterocycles. The predicted molar refractivity (Wildman–Crippen MR) is 195 cm³/mol. The molecule has 11 N–H and O–H groups in total. The second-order valence-electron chi connectivity index (χ2n) is 13.7. The molecule has 0 bridgehead atoms. The summed E-state index contributed by atoms with van der Waals surface area (Å²) < 4.78 is 31.6. The minimum absolute atomic E-state index is 0.0944. The van der Waals surface area contributed by atoms with E-state index in [0.717, 1.165) is 11.1 Å². The average molecular weight is 815 g/mol. The van der Waals surface area contributed by atoms with Crippen molar-refractivity contribution in [1.29, 1.82) is 0 Å². The van der Waals surface area contributed by atoms with Crippen LogP contribution < -0.4 is 0 Å². The zero-order valence-electron chi connectivity index (χ0n) is 31.7. The van der Waals surface area contributed by atoms with Crippen LogP contribution in [0.15, 0.2) is 83.1 Å². The zero-order valence-corrected chi connectivity index (χ0v) is 31.7. The van der Waals surface area contributed by atoms with Crippen LogP contribution in [0.2, 0.25) is 0 Å². The lowest BCUT2D eigenvalue weighted by molar-refractivity contribution is -0.326. The lowest BCUT2D eigenvalue weighted by atomic mass is 9.98. The number of hydrogen-bond donors (Lipinski definition) is 11. The third kappa shape index (κ3) is 13.3. The standard InChI is InChI=1S/C38H54O19/c1-18(11-7-13-20(3)34(50)56-37-32(48)29(45)26(42)23(16-40)54-37)9-5-6-10-19(2)12-8-14-21(4)35(51)57-38-33(49)30(46)27(43)24(55-38)17-52-36-31(47)28(44)25(41)22(15-39)53-36/h5-14,22-33,36-49H,15-17H2,1-4H3/b6-5+,11-7+,12-8+,18-9+,19-10+,20-13+,21-14+/t22-,23+,24-,25-,26+,27-,28+,29-,30+,31-,32+,33-,36-,37-,38+/m0/s1. The maximum absolute atomic E-state index is 12.7. The third-order valence-corrected chi connectivity index (χ3v) is 9.12. The Hall–Kier alpha value is -3.48. The van der Waals surface area contributed by atoms with E-state index >= 15 is 0 Å². The maximum atomic E-state index is 12.7. The maximum Gasteiger partial charge on any atom is 0.336 e. The summed E-state index contributed by atoms with van der Waals surface area (Å²) in [4.78, 5) is 25.2. The van der Waals surface area contributed by atoms with E-state index in [2.05, 4.69) is 0 Å². The Labute approximate surface area is 328 Å². The summed E-state index contributed by atoms with van der Waals surface area (Å²) in [5, 5.41) is 110. The van der Waals surface area contributed by atoms with Crippen LogP contribution in [0.1, 0.15) is 27.7 Å². The van der Waals surface area contributed by atoms with Crippen molar-refractivity contribution in [2.45, 2.75) is 120 Å². The van der Waals surface area contributed by atoms with Crippen molar-refractivity contribution in [3.05, 3.63) is 83.1 Å². The lowest BCUT2D eigenvalue weighted by Crippen LogP contribution is -2.61. The van der Waals surface area contributed by atoms with Crippen molar-refractivity contribution in [2.75, 3.05) is 19.8 Å². The molecule has 0 saturated carbocycles. The van der Waals surface area contributed by atoms with Gasteiger partial charge in [0.05, 0.1) is 19.8 Å². The number of hydrogen-bond acceptors (Lipinski definition) is 19. The van der Waals surface area contributed by atoms with Gasteiger partial charge < -0.3 is 84.6 Å². The van der Waals surface area contributed by atoms with E-state index in [4.69, 9.17) is 28.4 Å². The SMILES string of the molecule is CC(/C=C/C=C(\C)C(=O)O[C@H]1O[C@@H](CO[C@H]2O[C@@H](CO)[C@H](O)[C@@H](O)[C@@H]2O)[C@H](O)[C@@H](O)[C@@H]1O)=C\C=C\C=C(C)\C=C\C=C(/C)C(=O)O[C@@H]1O[C@H](CO)[C@@H](O)[C@H](O)[C@H]1O. The Balaban J connectivity index is 1.48. The monoisotopic (exact) mass is 814 g/mol. The van der Waals surface area contributed by atoms with Gasteiger partial charge in [0.1, 0.15) is 73.2 Å². The first-order valence-electron chi connectivity index (χ1n) is 18.0. The second kappa shape index (κ2) is 22.6. The van der Waals surface area contributed by atoms with Crippen LogP contribution in [0, 0.1) is 0 Å². The van der Waals surface area contributed by atoms with Crippen molar-refractivity contribution in [1.82, 2.24) is 0 Å². The van der Waals surface area contributed by atoms with Crippen LogP contribution in [0.25, 0.3) is 0 Å². The predicted octanol–water partition coefficient (Wildman–Crippen LogP) is -3.05. The number of carbonyl (C=O) groups is 2. The highest BCUT2D eigenvalue weighted by Gasteiger charge is 2.48. The number of aliphatic hydroxyl groups excluding tert-OH is 11. The fraction of sp³-hybridized carbons (Fsp3) is 0.579. The molecule has 19 heteroatoms. The van der Waals surface area contributed by atoms with Crippen LogP contribution in [0.3, 0.4) is 0 Å². The van der Waals surface area contributed by atoms with Crippen LogP contribution in [-0.2, 0) is 38.0 Å². The molecule has 0 spiro atoms. The number of carbonyl (C=O) groups excluding carboxylic acids is 2. The topological polar surface area (TPSA) is 312 Å². The molecule has 0 amide bonds. The molecule has 19 nitrogen and oxygen atoms in total. The summed E-state index contributed by atoms with van der Waals surface area (Å²) in [7, 11) is 0. The van der Waals surface area contributed by atoms with Gasteiger partial charge in [-0.2, -0.15) is 0 Å². The molecule has 0 aromatic rings. The lowest BCUT2D eigenvalue weighted by Gasteiger charge is -2.42. The number of rotatable bonds is 15. The Kier molecular flexibility index (Phi) is 19.0. The van der Waals surface area contributed by atoms with Crippen LogP contribution >= 0.6 is 0 Å². The molecular weight excluding hydrogens is 760 g/mol. The minimum Gasteiger partial charge on any atom is -0.429 e. The van der Waals surface area contributed by atoms with E-state index in [1.54, 1.807) is 55.5 Å². The quantitative estimate of drug-likeness (QED) is 0.0445. The van der Waals surface area contributed by atoms with Crippen molar-refractivity contribution >= 4 is 11.9 Å². The van der Waals surface area contributed by atoms with E-state index in [0.29, 0.717) is 0 Å². The van der Waals surface area contributed by atoms with Gasteiger partial charge in [-0.05, 0) is 27.7 Å². The Morgan fingerprint density at radius 2 is 0.825 bits per heavy atom. The fourth-order valence-electron chi connectivity index (χ4n) is 5.46. The van der Waals surface area contributed by atoms with Gasteiger partial charge in [0, 0.05) is 11.1 Å². The number of allylic oxidation sites excluding steroid dienone is 12. The fourth-order valence-corrected chi connectivity index (χ4v) is 5.46. The van der Waals surface area contributed by atoms with Crippen LogP contribution in [0.5, 0.6) is 0 Å². The highest BCUT2D eigenvalue weighted by Crippen LogP contribution is 2.27. The highest BCUT2D eigenvalue weighted by atomic mass is 16.7. The first kappa shape index (κ1) is 47.9. The van der Waals surface area contributed by atoms with Crippen LogP contribution in [0.4, 0.5) is 0 Å². The normalized spacial score (nSPS) is 37.6. The molecule has 3 aliphatic rings. The van der Waals surface area contributed by atoms with E-state index in [1.807, 2.05) is 6.92 Å². The van der Waals surface area contributed by atoms with Gasteiger partial charge in [0.25, 0.3) is 0 Å². The Bertz CT molecular complexity index is 1550. The molecule has 3 heterocycles. The van der Waals surface area contributed by atoms with Gasteiger partial charge in [0.15, 0.2) is 6.29 Å². The summed E-state index contributed by atoms with van der Waals surface area (Å²) in [5.41, 5.74) is 1.86. The molecule has 0 radical (unpaired) electrons. The first-order valence-corrected chi connectivity index (χ1v) is 18.0. The molecule has 0 unspecified atom stereocenters. The Morgan fingerprint density at radius 3 is 1.23 bits per heavy atom. The number of aliphatic hydroxyl groups is 11. The number of ether oxygens (including phenoxy) is 6. The van der Waals surface area contributed by atoms with E-state index in [1.165, 1.54) is 26.0 Å². The zero-order chi connectivity index (χ0) is 42.6. The molecule has 15 atom stereocenters. The van der Waals surface area contributed by atoms with Gasteiger partial charge in [-0.1, -0.05) is 71.9 Å². The van der Waals surface area contributed by atoms with Crippen molar-refractivity contribution in [3.8, 4) is 0 Å². The largest absolute Gasteiger partial charge is 0.429 e. The second-order valence-corrected chi connectivity index (χ2v) is 13.7. The van der Waals surface area contributed by atoms with Gasteiger partial charge in [-0.3, -0.25) is 0 Å². The molecule has 0 aliphatic carbocycles. The number of esters is 2. The third-order valence-electron chi connectivity index (χ3n) is 9.12. The van der Waals surface area contributed by atoms with Crippen molar-refractivity contribution in [3.63, 3.8) is 0 Å². The van der Waals surface area contributed by atoms with E-state index < -0.39 is 124 Å². The molecule has 320 valence electrons. The summed E-state index contributed by atoms with van der Waals surface area (Å²) in [5.74, 6) is -1.75. The van der Waals surface area contributed by atoms with Gasteiger partial charge in [-0.25, -0.2) is 9.59 Å². The molecule has 3 saturated heterocycles.